The van der Waals surface area contributed by atoms with Crippen LogP contribution in [0.15, 0.2) is 36.4 Å². The highest BCUT2D eigenvalue weighted by molar-refractivity contribution is 5.48. The Bertz CT molecular complexity index is 675. The Kier molecular flexibility index (Phi) is 4.94. The van der Waals surface area contributed by atoms with Crippen LogP contribution in [0.3, 0.4) is 0 Å². The first-order valence-electron chi connectivity index (χ1n) is 8.23. The van der Waals surface area contributed by atoms with E-state index in [2.05, 4.69) is 60.7 Å². The monoisotopic (exact) mass is 311 g/mol. The summed E-state index contributed by atoms with van der Waals surface area (Å²) in [6, 6.07) is 10.7. The van der Waals surface area contributed by atoms with Crippen molar-refractivity contribution in [2.24, 2.45) is 7.05 Å². The van der Waals surface area contributed by atoms with Gasteiger partial charge in [-0.05, 0) is 25.8 Å². The predicted molar refractivity (Wildman–Crippen MR) is 93.3 cm³/mol. The van der Waals surface area contributed by atoms with Crippen LogP contribution in [0.5, 0.6) is 0 Å². The summed E-state index contributed by atoms with van der Waals surface area (Å²) < 4.78 is 7.95. The third kappa shape index (κ3) is 3.54. The minimum atomic E-state index is 0.105. The van der Waals surface area contributed by atoms with E-state index in [1.807, 2.05) is 17.8 Å². The highest BCUT2D eigenvalue weighted by Crippen LogP contribution is 2.33. The topological polar surface area (TPSA) is 39.1 Å². The molecule has 0 unspecified atom stereocenters. The van der Waals surface area contributed by atoms with Crippen LogP contribution in [0.2, 0.25) is 0 Å². The van der Waals surface area contributed by atoms with Gasteiger partial charge in [0.15, 0.2) is 0 Å². The molecule has 0 saturated carbocycles. The highest BCUT2D eigenvalue weighted by Gasteiger charge is 2.32. The van der Waals surface area contributed by atoms with Crippen molar-refractivity contribution in [3.63, 3.8) is 0 Å². The van der Waals surface area contributed by atoms with E-state index in [1.165, 1.54) is 16.8 Å². The van der Waals surface area contributed by atoms with Gasteiger partial charge in [0.2, 0.25) is 0 Å². The minimum absolute atomic E-state index is 0.105. The van der Waals surface area contributed by atoms with Gasteiger partial charge in [0.25, 0.3) is 0 Å². The van der Waals surface area contributed by atoms with Gasteiger partial charge in [0, 0.05) is 37.5 Å². The molecule has 0 aliphatic carbocycles. The molecule has 4 heteroatoms. The van der Waals surface area contributed by atoms with Crippen molar-refractivity contribution in [3.8, 4) is 0 Å². The number of aromatic nitrogens is 2. The standard InChI is InChI=1S/C19H25N3O/c1-14-18(15(2)22(3)21-14)19-17(11-13-23-19)20-12-7-10-16-8-5-4-6-9-16/h4-10,17,19-20H,11-13H2,1-3H3/t17-,19-/m0/s1. The van der Waals surface area contributed by atoms with E-state index < -0.39 is 0 Å². The van der Waals surface area contributed by atoms with Crippen molar-refractivity contribution >= 4 is 6.08 Å². The number of nitrogens with one attached hydrogen (secondary N) is 1. The quantitative estimate of drug-likeness (QED) is 0.922. The van der Waals surface area contributed by atoms with Gasteiger partial charge in [-0.1, -0.05) is 42.5 Å². The summed E-state index contributed by atoms with van der Waals surface area (Å²) >= 11 is 0. The average molecular weight is 311 g/mol. The third-order valence-electron chi connectivity index (χ3n) is 4.55. The summed E-state index contributed by atoms with van der Waals surface area (Å²) in [5, 5.41) is 8.14. The molecule has 2 aromatic rings. The van der Waals surface area contributed by atoms with Crippen molar-refractivity contribution < 1.29 is 4.74 Å². The van der Waals surface area contributed by atoms with Crippen LogP contribution < -0.4 is 5.32 Å². The molecule has 23 heavy (non-hydrogen) atoms. The molecule has 1 N–H and O–H groups in total. The number of benzene rings is 1. The van der Waals surface area contributed by atoms with E-state index in [1.54, 1.807) is 0 Å². The molecule has 4 nitrogen and oxygen atoms in total. The molecule has 1 fully saturated rings. The SMILES string of the molecule is Cc1nn(C)c(C)c1[C@H]1OCC[C@@H]1NCC=Cc1ccccc1. The highest BCUT2D eigenvalue weighted by atomic mass is 16.5. The largest absolute Gasteiger partial charge is 0.372 e. The zero-order valence-corrected chi connectivity index (χ0v) is 14.1. The first-order chi connectivity index (χ1) is 11.2. The second-order valence-electron chi connectivity index (χ2n) is 6.12. The maximum Gasteiger partial charge on any atom is 0.101 e. The number of aryl methyl sites for hydroxylation is 2. The van der Waals surface area contributed by atoms with Gasteiger partial charge in [-0.25, -0.2) is 0 Å². The predicted octanol–water partition coefficient (Wildman–Crippen LogP) is 3.17. The van der Waals surface area contributed by atoms with Crippen LogP contribution in [-0.4, -0.2) is 29.0 Å². The van der Waals surface area contributed by atoms with Crippen LogP contribution >= 0.6 is 0 Å². The Labute approximate surface area is 138 Å². The van der Waals surface area contributed by atoms with Gasteiger partial charge in [-0.15, -0.1) is 0 Å². The maximum absolute atomic E-state index is 6.00. The van der Waals surface area contributed by atoms with E-state index in [0.29, 0.717) is 6.04 Å². The fraction of sp³-hybridized carbons (Fsp3) is 0.421. The molecule has 122 valence electrons. The lowest BCUT2D eigenvalue weighted by atomic mass is 10.0. The lowest BCUT2D eigenvalue weighted by Gasteiger charge is -2.20. The van der Waals surface area contributed by atoms with Gasteiger partial charge in [0.1, 0.15) is 6.10 Å². The second-order valence-corrected chi connectivity index (χ2v) is 6.12. The van der Waals surface area contributed by atoms with Crippen LogP contribution in [0, 0.1) is 13.8 Å². The fourth-order valence-electron chi connectivity index (χ4n) is 3.26. The number of hydrogen-bond donors (Lipinski definition) is 1. The number of ether oxygens (including phenoxy) is 1. The normalized spacial score (nSPS) is 21.3. The van der Waals surface area contributed by atoms with E-state index in [0.717, 1.165) is 25.3 Å². The molecule has 0 spiro atoms. The van der Waals surface area contributed by atoms with Crippen LogP contribution in [0.25, 0.3) is 6.08 Å². The fourth-order valence-corrected chi connectivity index (χ4v) is 3.26. The van der Waals surface area contributed by atoms with E-state index in [-0.39, 0.29) is 6.10 Å². The Morgan fingerprint density at radius 2 is 2.09 bits per heavy atom. The maximum atomic E-state index is 6.00. The van der Waals surface area contributed by atoms with Gasteiger partial charge in [0.05, 0.1) is 5.69 Å². The Morgan fingerprint density at radius 1 is 1.30 bits per heavy atom. The molecule has 1 saturated heterocycles. The second kappa shape index (κ2) is 7.11. The molecule has 2 atom stereocenters. The first kappa shape index (κ1) is 16.0. The number of rotatable bonds is 5. The third-order valence-corrected chi connectivity index (χ3v) is 4.55. The molecule has 1 aliphatic rings. The molecular weight excluding hydrogens is 286 g/mol. The Balaban J connectivity index is 1.62. The first-order valence-corrected chi connectivity index (χ1v) is 8.23. The van der Waals surface area contributed by atoms with Crippen molar-refractivity contribution in [2.45, 2.75) is 32.4 Å². The smallest absolute Gasteiger partial charge is 0.101 e. The van der Waals surface area contributed by atoms with Gasteiger partial charge in [-0.3, -0.25) is 4.68 Å². The molecule has 0 radical (unpaired) electrons. The van der Waals surface area contributed by atoms with Gasteiger partial charge >= 0.3 is 0 Å². The van der Waals surface area contributed by atoms with E-state index in [9.17, 15) is 0 Å². The summed E-state index contributed by atoms with van der Waals surface area (Å²) in [6.45, 7) is 5.83. The van der Waals surface area contributed by atoms with Crippen molar-refractivity contribution in [2.75, 3.05) is 13.2 Å². The zero-order valence-electron chi connectivity index (χ0n) is 14.1. The summed E-state index contributed by atoms with van der Waals surface area (Å²) in [6.07, 6.45) is 5.47. The Hall–Kier alpha value is -1.91. The number of nitrogens with zero attached hydrogens (tertiary/aromatic N) is 2. The molecular formula is C19H25N3O. The molecule has 1 aromatic heterocycles. The molecule has 1 aliphatic heterocycles. The lowest BCUT2D eigenvalue weighted by molar-refractivity contribution is 0.0984. The summed E-state index contributed by atoms with van der Waals surface area (Å²) in [7, 11) is 1.99. The summed E-state index contributed by atoms with van der Waals surface area (Å²) in [4.78, 5) is 0. The van der Waals surface area contributed by atoms with Crippen LogP contribution in [0.4, 0.5) is 0 Å². The Morgan fingerprint density at radius 3 is 2.78 bits per heavy atom. The molecule has 0 amide bonds. The number of hydrogen-bond acceptors (Lipinski definition) is 3. The summed E-state index contributed by atoms with van der Waals surface area (Å²) in [5.41, 5.74) is 4.74. The lowest BCUT2D eigenvalue weighted by Crippen LogP contribution is -2.32. The average Bonchev–Trinajstić information content (AvgIpc) is 3.09. The van der Waals surface area contributed by atoms with Gasteiger partial charge in [-0.2, -0.15) is 5.10 Å². The molecule has 2 heterocycles. The van der Waals surface area contributed by atoms with Crippen LogP contribution in [0.1, 0.15) is 35.0 Å². The molecule has 0 bridgehead atoms. The molecule has 3 rings (SSSR count). The van der Waals surface area contributed by atoms with Crippen molar-refractivity contribution in [1.82, 2.24) is 15.1 Å². The van der Waals surface area contributed by atoms with Crippen molar-refractivity contribution in [1.29, 1.82) is 0 Å². The molecule has 1 aromatic carbocycles. The van der Waals surface area contributed by atoms with Crippen LogP contribution in [-0.2, 0) is 11.8 Å². The van der Waals surface area contributed by atoms with Gasteiger partial charge < -0.3 is 10.1 Å². The summed E-state index contributed by atoms with van der Waals surface area (Å²) in [5.74, 6) is 0. The van der Waals surface area contributed by atoms with E-state index in [4.69, 9.17) is 4.74 Å². The van der Waals surface area contributed by atoms with Crippen molar-refractivity contribution in [3.05, 3.63) is 58.9 Å². The van der Waals surface area contributed by atoms with E-state index >= 15 is 0 Å². The minimum Gasteiger partial charge on any atom is -0.372 e. The zero-order chi connectivity index (χ0) is 16.2.